The monoisotopic (exact) mass is 305 g/mol. The second-order valence-corrected chi connectivity index (χ2v) is 5.38. The molecule has 0 saturated heterocycles. The minimum atomic E-state index is -0.945. The Morgan fingerprint density at radius 1 is 1.24 bits per heavy atom. The fourth-order valence-corrected chi connectivity index (χ4v) is 2.44. The molecule has 0 bridgehead atoms. The van der Waals surface area contributed by atoms with Gasteiger partial charge in [0.25, 0.3) is 5.91 Å². The van der Waals surface area contributed by atoms with E-state index in [9.17, 15) is 9.59 Å². The molecule has 0 atom stereocenters. The van der Waals surface area contributed by atoms with Crippen molar-refractivity contribution in [2.24, 2.45) is 0 Å². The van der Waals surface area contributed by atoms with E-state index in [1.807, 2.05) is 19.1 Å². The first-order chi connectivity index (χ1) is 9.99. The van der Waals surface area contributed by atoms with Gasteiger partial charge in [-0.25, -0.2) is 0 Å². The summed E-state index contributed by atoms with van der Waals surface area (Å²) >= 11 is 1.02. The van der Waals surface area contributed by atoms with Crippen LogP contribution in [0, 0.1) is 13.8 Å². The Kier molecular flexibility index (Phi) is 4.64. The van der Waals surface area contributed by atoms with Crippen LogP contribution in [-0.4, -0.2) is 33.1 Å². The van der Waals surface area contributed by atoms with Gasteiger partial charge in [0.05, 0.1) is 12.1 Å². The topological polar surface area (TPSA) is 83.4 Å². The summed E-state index contributed by atoms with van der Waals surface area (Å²) < 4.78 is 3.76. The molecular formula is C14H15N3O3S. The van der Waals surface area contributed by atoms with Crippen LogP contribution in [0.25, 0.3) is 0 Å². The molecule has 0 unspecified atom stereocenters. The van der Waals surface area contributed by atoms with Crippen molar-refractivity contribution in [3.63, 3.8) is 0 Å². The number of rotatable bonds is 5. The number of carboxylic acids is 1. The van der Waals surface area contributed by atoms with Gasteiger partial charge in [-0.3, -0.25) is 9.59 Å². The molecule has 1 aromatic heterocycles. The summed E-state index contributed by atoms with van der Waals surface area (Å²) in [4.78, 5) is 25.3. The second kappa shape index (κ2) is 6.45. The molecule has 1 amide bonds. The first-order valence-electron chi connectivity index (χ1n) is 6.38. The van der Waals surface area contributed by atoms with Crippen molar-refractivity contribution in [3.8, 4) is 0 Å². The van der Waals surface area contributed by atoms with Gasteiger partial charge in [0.2, 0.25) is 0 Å². The second-order valence-electron chi connectivity index (χ2n) is 4.62. The van der Waals surface area contributed by atoms with Gasteiger partial charge in [0, 0.05) is 12.2 Å². The fourth-order valence-electron chi connectivity index (χ4n) is 1.83. The Bertz CT molecular complexity index is 652. The highest BCUT2D eigenvalue weighted by Gasteiger charge is 2.22. The molecule has 0 saturated carbocycles. The third-order valence-electron chi connectivity index (χ3n) is 2.99. The largest absolute Gasteiger partial charge is 0.481 e. The minimum Gasteiger partial charge on any atom is -0.481 e. The lowest BCUT2D eigenvalue weighted by molar-refractivity contribution is -0.136. The fraction of sp³-hybridized carbons (Fsp3) is 0.286. The number of carbonyl (C=O) groups is 2. The van der Waals surface area contributed by atoms with Crippen LogP contribution in [0.1, 0.15) is 27.3 Å². The molecule has 0 aliphatic carbocycles. The minimum absolute atomic E-state index is 0.106. The van der Waals surface area contributed by atoms with E-state index in [1.165, 1.54) is 4.90 Å². The number of aromatic nitrogens is 2. The lowest BCUT2D eigenvalue weighted by atomic mass is 10.2. The van der Waals surface area contributed by atoms with Gasteiger partial charge in [-0.15, -0.1) is 5.10 Å². The van der Waals surface area contributed by atoms with E-state index < -0.39 is 5.97 Å². The summed E-state index contributed by atoms with van der Waals surface area (Å²) in [6, 6.07) is 7.38. The Hall–Kier alpha value is -2.28. The molecule has 1 heterocycles. The summed E-state index contributed by atoms with van der Waals surface area (Å²) in [5, 5.41) is 12.7. The Balaban J connectivity index is 2.31. The predicted molar refractivity (Wildman–Crippen MR) is 79.8 cm³/mol. The summed E-state index contributed by atoms with van der Waals surface area (Å²) in [7, 11) is 0. The van der Waals surface area contributed by atoms with E-state index >= 15 is 0 Å². The van der Waals surface area contributed by atoms with Gasteiger partial charge in [-0.05, 0) is 37.5 Å². The molecule has 6 nitrogen and oxygen atoms in total. The summed E-state index contributed by atoms with van der Waals surface area (Å²) in [6.45, 7) is 3.76. The highest BCUT2D eigenvalue weighted by Crippen LogP contribution is 2.21. The number of nitrogens with zero attached hydrogens (tertiary/aromatic N) is 3. The average molecular weight is 305 g/mol. The normalized spacial score (nSPS) is 10.4. The molecule has 21 heavy (non-hydrogen) atoms. The molecule has 0 radical (unpaired) electrons. The number of carboxylic acid groups (broad SMARTS) is 1. The first kappa shape index (κ1) is 15.1. The zero-order valence-electron chi connectivity index (χ0n) is 11.7. The molecule has 7 heteroatoms. The Morgan fingerprint density at radius 2 is 1.90 bits per heavy atom. The van der Waals surface area contributed by atoms with E-state index in [2.05, 4.69) is 9.59 Å². The van der Waals surface area contributed by atoms with E-state index in [1.54, 1.807) is 19.1 Å². The number of carbonyl (C=O) groups excluding carboxylic acids is 1. The molecule has 0 aliphatic heterocycles. The van der Waals surface area contributed by atoms with Crippen molar-refractivity contribution in [2.75, 3.05) is 11.4 Å². The van der Waals surface area contributed by atoms with Crippen LogP contribution in [0.4, 0.5) is 5.69 Å². The maximum Gasteiger partial charge on any atom is 0.305 e. The van der Waals surface area contributed by atoms with Crippen molar-refractivity contribution in [1.82, 2.24) is 9.59 Å². The number of anilines is 1. The van der Waals surface area contributed by atoms with Crippen LogP contribution in [0.5, 0.6) is 0 Å². The van der Waals surface area contributed by atoms with E-state index in [-0.39, 0.29) is 18.9 Å². The maximum atomic E-state index is 12.6. The molecular weight excluding hydrogens is 290 g/mol. The molecule has 0 spiro atoms. The molecule has 0 aliphatic rings. The maximum absolute atomic E-state index is 12.6. The smallest absolute Gasteiger partial charge is 0.305 e. The van der Waals surface area contributed by atoms with Gasteiger partial charge in [-0.1, -0.05) is 22.2 Å². The standard InChI is InChI=1S/C14H15N3O3S/c1-9-3-5-11(6-4-9)17(8-7-12(18)19)14(20)13-10(2)15-16-21-13/h3-6H,7-8H2,1-2H3,(H,18,19). The van der Waals surface area contributed by atoms with Crippen LogP contribution in [0.15, 0.2) is 24.3 Å². The summed E-state index contributed by atoms with van der Waals surface area (Å²) in [5.74, 6) is -1.22. The quantitative estimate of drug-likeness (QED) is 0.916. The van der Waals surface area contributed by atoms with E-state index in [0.717, 1.165) is 17.1 Å². The van der Waals surface area contributed by atoms with Crippen molar-refractivity contribution in [2.45, 2.75) is 20.3 Å². The van der Waals surface area contributed by atoms with Crippen LogP contribution in [-0.2, 0) is 4.79 Å². The molecule has 2 rings (SSSR count). The van der Waals surface area contributed by atoms with Crippen LogP contribution in [0.2, 0.25) is 0 Å². The average Bonchev–Trinajstić information content (AvgIpc) is 2.86. The predicted octanol–water partition coefficient (Wildman–Crippen LogP) is 2.28. The van der Waals surface area contributed by atoms with Crippen LogP contribution in [0.3, 0.4) is 0 Å². The Morgan fingerprint density at radius 3 is 2.43 bits per heavy atom. The zero-order chi connectivity index (χ0) is 15.4. The number of hydrogen-bond acceptors (Lipinski definition) is 5. The number of aliphatic carboxylic acids is 1. The van der Waals surface area contributed by atoms with Crippen molar-refractivity contribution in [1.29, 1.82) is 0 Å². The van der Waals surface area contributed by atoms with Crippen molar-refractivity contribution < 1.29 is 14.7 Å². The highest BCUT2D eigenvalue weighted by atomic mass is 32.1. The number of aryl methyl sites for hydroxylation is 2. The van der Waals surface area contributed by atoms with Crippen molar-refractivity contribution >= 4 is 29.1 Å². The van der Waals surface area contributed by atoms with Gasteiger partial charge in [0.15, 0.2) is 0 Å². The Labute approximate surface area is 126 Å². The van der Waals surface area contributed by atoms with Gasteiger partial charge >= 0.3 is 5.97 Å². The number of benzene rings is 1. The molecule has 1 aromatic carbocycles. The molecule has 0 fully saturated rings. The van der Waals surface area contributed by atoms with Gasteiger partial charge in [0.1, 0.15) is 4.88 Å². The molecule has 2 aromatic rings. The van der Waals surface area contributed by atoms with Gasteiger partial charge < -0.3 is 10.0 Å². The van der Waals surface area contributed by atoms with Gasteiger partial charge in [-0.2, -0.15) is 0 Å². The molecule has 1 N–H and O–H groups in total. The van der Waals surface area contributed by atoms with Crippen molar-refractivity contribution in [3.05, 3.63) is 40.4 Å². The van der Waals surface area contributed by atoms with Crippen LogP contribution >= 0.6 is 11.5 Å². The van der Waals surface area contributed by atoms with Crippen LogP contribution < -0.4 is 4.90 Å². The lowest BCUT2D eigenvalue weighted by Crippen LogP contribution is -2.33. The highest BCUT2D eigenvalue weighted by molar-refractivity contribution is 7.08. The zero-order valence-corrected chi connectivity index (χ0v) is 12.6. The third-order valence-corrected chi connectivity index (χ3v) is 3.80. The molecule has 110 valence electrons. The summed E-state index contributed by atoms with van der Waals surface area (Å²) in [5.41, 5.74) is 2.29. The van der Waals surface area contributed by atoms with E-state index in [0.29, 0.717) is 16.3 Å². The first-order valence-corrected chi connectivity index (χ1v) is 7.15. The number of amides is 1. The SMILES string of the molecule is Cc1ccc(N(CCC(=O)O)C(=O)c2snnc2C)cc1. The lowest BCUT2D eigenvalue weighted by Gasteiger charge is -2.21. The number of hydrogen-bond donors (Lipinski definition) is 1. The van der Waals surface area contributed by atoms with E-state index in [4.69, 9.17) is 5.11 Å². The third kappa shape index (κ3) is 3.63. The summed E-state index contributed by atoms with van der Waals surface area (Å²) in [6.07, 6.45) is -0.120.